The lowest BCUT2D eigenvalue weighted by Gasteiger charge is -2.09. The molecule has 2 heterocycles. The topological polar surface area (TPSA) is 92.1 Å². The summed E-state index contributed by atoms with van der Waals surface area (Å²) in [5.74, 6) is -0.320. The molecule has 1 aromatic carbocycles. The summed E-state index contributed by atoms with van der Waals surface area (Å²) in [5.41, 5.74) is 0.799. The van der Waals surface area contributed by atoms with Gasteiger partial charge < -0.3 is 4.74 Å². The molecule has 25 heavy (non-hydrogen) atoms. The Bertz CT molecular complexity index is 826. The molecule has 1 unspecified atom stereocenters. The first kappa shape index (κ1) is 17.1. The minimum Gasteiger partial charge on any atom is -0.487 e. The number of carbonyl (C=O) groups is 2. The minimum absolute atomic E-state index is 0.0342. The summed E-state index contributed by atoms with van der Waals surface area (Å²) in [6.07, 6.45) is 1.86. The number of imide groups is 1. The van der Waals surface area contributed by atoms with Crippen molar-refractivity contribution in [2.24, 2.45) is 0 Å². The number of nitrogens with zero attached hydrogens (tertiary/aromatic N) is 1. The molecular formula is C17H14FN3O3S. The van der Waals surface area contributed by atoms with Crippen molar-refractivity contribution in [3.63, 3.8) is 0 Å². The molecule has 1 aliphatic rings. The number of hydrogen-bond acceptors (Lipinski definition) is 6. The largest absolute Gasteiger partial charge is 0.487 e. The molecule has 1 atom stereocenters. The third kappa shape index (κ3) is 4.21. The molecule has 1 fully saturated rings. The van der Waals surface area contributed by atoms with E-state index in [0.717, 1.165) is 17.3 Å². The molecule has 0 spiro atoms. The normalized spacial score (nSPS) is 16.6. The van der Waals surface area contributed by atoms with Crippen LogP contribution in [0.5, 0.6) is 5.75 Å². The van der Waals surface area contributed by atoms with Crippen LogP contribution >= 0.6 is 11.8 Å². The average Bonchev–Trinajstić information content (AvgIpc) is 2.91. The van der Waals surface area contributed by atoms with Crippen LogP contribution in [0, 0.1) is 11.2 Å². The number of rotatable bonds is 6. The monoisotopic (exact) mass is 359 g/mol. The molecule has 0 radical (unpaired) electrons. The lowest BCUT2D eigenvalue weighted by Crippen LogP contribution is -2.25. The zero-order chi connectivity index (χ0) is 17.8. The van der Waals surface area contributed by atoms with Gasteiger partial charge in [0.2, 0.25) is 5.91 Å². The van der Waals surface area contributed by atoms with Crippen LogP contribution in [0.2, 0.25) is 0 Å². The number of amides is 2. The Morgan fingerprint density at radius 2 is 2.04 bits per heavy atom. The third-order valence-corrected chi connectivity index (χ3v) is 4.52. The maximum atomic E-state index is 13.6. The lowest BCUT2D eigenvalue weighted by atomic mass is 10.1. The van der Waals surface area contributed by atoms with E-state index in [0.29, 0.717) is 12.2 Å². The molecule has 0 aliphatic carbocycles. The molecule has 128 valence electrons. The molecule has 2 N–H and O–H groups in total. The van der Waals surface area contributed by atoms with Crippen LogP contribution in [-0.2, 0) is 11.2 Å². The van der Waals surface area contributed by atoms with Gasteiger partial charge in [0.1, 0.15) is 18.1 Å². The van der Waals surface area contributed by atoms with Gasteiger partial charge in [-0.15, -0.1) is 0 Å². The number of aromatic nitrogens is 1. The highest BCUT2D eigenvalue weighted by atomic mass is 32.2. The van der Waals surface area contributed by atoms with Crippen molar-refractivity contribution in [1.29, 1.82) is 5.41 Å². The summed E-state index contributed by atoms with van der Waals surface area (Å²) in [7, 11) is 0. The van der Waals surface area contributed by atoms with Crippen molar-refractivity contribution in [1.82, 2.24) is 10.3 Å². The van der Waals surface area contributed by atoms with E-state index in [1.807, 2.05) is 0 Å². The van der Waals surface area contributed by atoms with Gasteiger partial charge in [-0.2, -0.15) is 0 Å². The van der Waals surface area contributed by atoms with Crippen molar-refractivity contribution in [2.45, 2.75) is 11.7 Å². The Morgan fingerprint density at radius 3 is 2.68 bits per heavy atom. The number of halogens is 1. The highest BCUT2D eigenvalue weighted by Gasteiger charge is 2.31. The van der Waals surface area contributed by atoms with Gasteiger partial charge in [0.05, 0.1) is 11.0 Å². The Balaban J connectivity index is 1.56. The van der Waals surface area contributed by atoms with E-state index in [1.165, 1.54) is 18.3 Å². The minimum atomic E-state index is -0.562. The average molecular weight is 359 g/mol. The highest BCUT2D eigenvalue weighted by Crippen LogP contribution is 2.23. The standard InChI is InChI=1S/C17H14FN3O3S/c18-12-2-1-7-20-15(12)13(19)9-24-11-5-3-10(4-6-11)8-14-16(22)21-17(23)25-14/h1-7,14,19H,8-9H2,(H,21,22,23). The Hall–Kier alpha value is -2.74. The van der Waals surface area contributed by atoms with Crippen LogP contribution < -0.4 is 10.1 Å². The highest BCUT2D eigenvalue weighted by molar-refractivity contribution is 8.15. The van der Waals surface area contributed by atoms with E-state index in [2.05, 4.69) is 10.3 Å². The van der Waals surface area contributed by atoms with Gasteiger partial charge in [0.25, 0.3) is 5.24 Å². The number of thioether (sulfide) groups is 1. The van der Waals surface area contributed by atoms with Crippen molar-refractivity contribution in [3.05, 3.63) is 59.7 Å². The summed E-state index contributed by atoms with van der Waals surface area (Å²) in [4.78, 5) is 26.5. The second-order valence-electron chi connectivity index (χ2n) is 5.33. The van der Waals surface area contributed by atoms with Crippen molar-refractivity contribution < 1.29 is 18.7 Å². The van der Waals surface area contributed by atoms with Crippen LogP contribution in [0.4, 0.5) is 9.18 Å². The van der Waals surface area contributed by atoms with E-state index in [4.69, 9.17) is 10.1 Å². The molecule has 0 bridgehead atoms. The van der Waals surface area contributed by atoms with Crippen LogP contribution in [0.1, 0.15) is 11.3 Å². The van der Waals surface area contributed by atoms with E-state index < -0.39 is 11.1 Å². The Kier molecular flexibility index (Phi) is 5.08. The third-order valence-electron chi connectivity index (χ3n) is 3.54. The molecule has 2 amide bonds. The first-order chi connectivity index (χ1) is 12.0. The molecule has 1 aromatic heterocycles. The molecule has 6 nitrogen and oxygen atoms in total. The number of carbonyl (C=O) groups excluding carboxylic acids is 2. The number of nitrogens with one attached hydrogen (secondary N) is 2. The number of hydrogen-bond donors (Lipinski definition) is 2. The smallest absolute Gasteiger partial charge is 0.286 e. The fourth-order valence-corrected chi connectivity index (χ4v) is 3.15. The van der Waals surface area contributed by atoms with Crippen molar-refractivity contribution >= 4 is 28.6 Å². The lowest BCUT2D eigenvalue weighted by molar-refractivity contribution is -0.118. The first-order valence-corrected chi connectivity index (χ1v) is 8.32. The maximum Gasteiger partial charge on any atom is 0.286 e. The maximum absolute atomic E-state index is 13.6. The van der Waals surface area contributed by atoms with Gasteiger partial charge in [0.15, 0.2) is 5.82 Å². The summed E-state index contributed by atoms with van der Waals surface area (Å²) in [5, 5.41) is 9.36. The quantitative estimate of drug-likeness (QED) is 0.774. The molecule has 1 aliphatic heterocycles. The fourth-order valence-electron chi connectivity index (χ4n) is 2.30. The molecule has 3 rings (SSSR count). The van der Waals surface area contributed by atoms with Gasteiger partial charge in [-0.3, -0.25) is 25.3 Å². The Labute approximate surface area is 147 Å². The van der Waals surface area contributed by atoms with Gasteiger partial charge in [-0.1, -0.05) is 23.9 Å². The molecule has 8 heteroatoms. The fraction of sp³-hybridized carbons (Fsp3) is 0.176. The van der Waals surface area contributed by atoms with Gasteiger partial charge in [-0.25, -0.2) is 4.39 Å². The van der Waals surface area contributed by atoms with Gasteiger partial charge in [-0.05, 0) is 36.2 Å². The second kappa shape index (κ2) is 7.43. The number of benzene rings is 1. The second-order valence-corrected chi connectivity index (χ2v) is 6.51. The van der Waals surface area contributed by atoms with Crippen LogP contribution in [0.3, 0.4) is 0 Å². The van der Waals surface area contributed by atoms with Crippen molar-refractivity contribution in [2.75, 3.05) is 6.61 Å². The van der Waals surface area contributed by atoms with Gasteiger partial charge >= 0.3 is 0 Å². The van der Waals surface area contributed by atoms with Crippen LogP contribution in [-0.4, -0.2) is 33.7 Å². The zero-order valence-corrected chi connectivity index (χ0v) is 13.8. The number of pyridine rings is 1. The van der Waals surface area contributed by atoms with E-state index >= 15 is 0 Å². The van der Waals surface area contributed by atoms with Crippen molar-refractivity contribution in [3.8, 4) is 5.75 Å². The zero-order valence-electron chi connectivity index (χ0n) is 13.0. The molecular weight excluding hydrogens is 345 g/mol. The molecule has 0 saturated carbocycles. The van der Waals surface area contributed by atoms with Gasteiger partial charge in [0, 0.05) is 6.20 Å². The molecule has 1 saturated heterocycles. The summed E-state index contributed by atoms with van der Waals surface area (Å²) in [6.45, 7) is -0.108. The molecule has 2 aromatic rings. The van der Waals surface area contributed by atoms with Crippen LogP contribution in [0.15, 0.2) is 42.6 Å². The van der Waals surface area contributed by atoms with E-state index in [-0.39, 0.29) is 29.2 Å². The van der Waals surface area contributed by atoms with E-state index in [1.54, 1.807) is 24.3 Å². The predicted octanol–water partition coefficient (Wildman–Crippen LogP) is 2.56. The van der Waals surface area contributed by atoms with Crippen LogP contribution in [0.25, 0.3) is 0 Å². The Morgan fingerprint density at radius 1 is 1.28 bits per heavy atom. The number of ether oxygens (including phenoxy) is 1. The first-order valence-electron chi connectivity index (χ1n) is 7.44. The predicted molar refractivity (Wildman–Crippen MR) is 91.6 cm³/mol. The summed E-state index contributed by atoms with van der Waals surface area (Å²) >= 11 is 0.984. The summed E-state index contributed by atoms with van der Waals surface area (Å²) < 4.78 is 19.0. The summed E-state index contributed by atoms with van der Waals surface area (Å²) in [6, 6.07) is 9.69. The van der Waals surface area contributed by atoms with E-state index in [9.17, 15) is 14.0 Å². The SMILES string of the molecule is N=C(COc1ccc(CC2SC(=O)NC2=O)cc1)c1ncccc1F.